The second-order valence-electron chi connectivity index (χ2n) is 7.38. The van der Waals surface area contributed by atoms with Crippen LogP contribution >= 0.6 is 11.8 Å². The molecule has 0 atom stereocenters. The largest absolute Gasteiger partial charge is 0.325 e. The van der Waals surface area contributed by atoms with Crippen LogP contribution in [0.3, 0.4) is 0 Å². The van der Waals surface area contributed by atoms with Gasteiger partial charge in [-0.25, -0.2) is 4.98 Å². The molecule has 31 heavy (non-hydrogen) atoms. The highest BCUT2D eigenvalue weighted by atomic mass is 32.2. The van der Waals surface area contributed by atoms with Crippen LogP contribution in [0, 0.1) is 20.8 Å². The van der Waals surface area contributed by atoms with Crippen LogP contribution in [0.1, 0.15) is 16.7 Å². The Balaban J connectivity index is 1.36. The average molecular weight is 430 g/mol. The Hall–Kier alpha value is -3.45. The number of carbonyl (C=O) groups excluding carboxylic acids is 1. The van der Waals surface area contributed by atoms with Crippen LogP contribution < -0.4 is 5.32 Å². The van der Waals surface area contributed by atoms with Gasteiger partial charge in [0.25, 0.3) is 0 Å². The minimum Gasteiger partial charge on any atom is -0.325 e. The predicted octanol–water partition coefficient (Wildman–Crippen LogP) is 4.99. The lowest BCUT2D eigenvalue weighted by atomic mass is 10.1. The molecule has 7 heteroatoms. The lowest BCUT2D eigenvalue weighted by molar-refractivity contribution is -0.113. The SMILES string of the molecule is Cc1cc(C)c(NC(=O)CSc2ccc(-c3ccc(-n4ccnc4)cc3)nn2)c(C)c1. The van der Waals surface area contributed by atoms with Crippen molar-refractivity contribution in [2.75, 3.05) is 11.1 Å². The van der Waals surface area contributed by atoms with Gasteiger partial charge in [-0.3, -0.25) is 4.79 Å². The molecule has 156 valence electrons. The van der Waals surface area contributed by atoms with Crippen molar-refractivity contribution < 1.29 is 4.79 Å². The maximum atomic E-state index is 12.4. The molecule has 2 aromatic carbocycles. The number of nitrogens with one attached hydrogen (secondary N) is 1. The van der Waals surface area contributed by atoms with Gasteiger partial charge in [-0.05, 0) is 56.2 Å². The molecule has 1 N–H and O–H groups in total. The number of hydrogen-bond donors (Lipinski definition) is 1. The third kappa shape index (κ3) is 5.00. The Bertz CT molecular complexity index is 1160. The summed E-state index contributed by atoms with van der Waals surface area (Å²) in [7, 11) is 0. The molecule has 0 spiro atoms. The zero-order valence-electron chi connectivity index (χ0n) is 17.7. The summed E-state index contributed by atoms with van der Waals surface area (Å²) in [4.78, 5) is 16.5. The fraction of sp³-hybridized carbons (Fsp3) is 0.167. The number of aryl methyl sites for hydroxylation is 3. The number of anilines is 1. The van der Waals surface area contributed by atoms with E-state index < -0.39 is 0 Å². The van der Waals surface area contributed by atoms with Crippen LogP contribution in [-0.4, -0.2) is 31.4 Å². The molecule has 0 unspecified atom stereocenters. The molecule has 0 fully saturated rings. The summed E-state index contributed by atoms with van der Waals surface area (Å²) >= 11 is 1.37. The van der Waals surface area contributed by atoms with Crippen molar-refractivity contribution in [1.29, 1.82) is 0 Å². The molecular formula is C24H23N5OS. The predicted molar refractivity (Wildman–Crippen MR) is 125 cm³/mol. The summed E-state index contributed by atoms with van der Waals surface area (Å²) in [6.45, 7) is 6.07. The van der Waals surface area contributed by atoms with Crippen molar-refractivity contribution in [1.82, 2.24) is 19.7 Å². The molecular weight excluding hydrogens is 406 g/mol. The minimum atomic E-state index is -0.0546. The van der Waals surface area contributed by atoms with Crippen LogP contribution in [0.2, 0.25) is 0 Å². The maximum absolute atomic E-state index is 12.4. The van der Waals surface area contributed by atoms with Gasteiger partial charge in [0.15, 0.2) is 0 Å². The number of rotatable bonds is 6. The summed E-state index contributed by atoms with van der Waals surface area (Å²) in [6, 6.07) is 16.0. The summed E-state index contributed by atoms with van der Waals surface area (Å²) in [5.41, 5.74) is 7.02. The third-order valence-corrected chi connectivity index (χ3v) is 5.82. The summed E-state index contributed by atoms with van der Waals surface area (Å²) in [6.07, 6.45) is 5.41. The van der Waals surface area contributed by atoms with E-state index in [1.54, 1.807) is 12.5 Å². The van der Waals surface area contributed by atoms with Gasteiger partial charge in [0.1, 0.15) is 5.03 Å². The second kappa shape index (κ2) is 9.14. The fourth-order valence-corrected chi connectivity index (χ4v) is 4.07. The van der Waals surface area contributed by atoms with Crippen LogP contribution in [0.4, 0.5) is 5.69 Å². The number of imidazole rings is 1. The molecule has 6 nitrogen and oxygen atoms in total. The number of carbonyl (C=O) groups is 1. The number of nitrogens with zero attached hydrogens (tertiary/aromatic N) is 4. The number of thioether (sulfide) groups is 1. The van der Waals surface area contributed by atoms with Crippen LogP contribution in [-0.2, 0) is 4.79 Å². The van der Waals surface area contributed by atoms with E-state index >= 15 is 0 Å². The van der Waals surface area contributed by atoms with E-state index in [2.05, 4.69) is 39.6 Å². The lowest BCUT2D eigenvalue weighted by Gasteiger charge is -2.12. The molecule has 4 aromatic rings. The molecule has 0 aliphatic rings. The lowest BCUT2D eigenvalue weighted by Crippen LogP contribution is -2.16. The quantitative estimate of drug-likeness (QED) is 0.437. The van der Waals surface area contributed by atoms with Crippen molar-refractivity contribution in [2.24, 2.45) is 0 Å². The molecule has 0 saturated carbocycles. The van der Waals surface area contributed by atoms with E-state index in [-0.39, 0.29) is 11.7 Å². The number of aromatic nitrogens is 4. The van der Waals surface area contributed by atoms with Crippen molar-refractivity contribution in [3.8, 4) is 16.9 Å². The Labute approximate surface area is 185 Å². The molecule has 4 rings (SSSR count). The first-order valence-corrected chi connectivity index (χ1v) is 10.9. The van der Waals surface area contributed by atoms with Crippen LogP contribution in [0.15, 0.2) is 72.3 Å². The fourth-order valence-electron chi connectivity index (χ4n) is 3.46. The molecule has 0 saturated heterocycles. The number of hydrogen-bond acceptors (Lipinski definition) is 5. The van der Waals surface area contributed by atoms with Crippen LogP contribution in [0.25, 0.3) is 16.9 Å². The monoisotopic (exact) mass is 429 g/mol. The zero-order chi connectivity index (χ0) is 21.8. The van der Waals surface area contributed by atoms with Gasteiger partial charge < -0.3 is 9.88 Å². The zero-order valence-corrected chi connectivity index (χ0v) is 18.5. The first-order valence-electron chi connectivity index (χ1n) is 9.92. The van der Waals surface area contributed by atoms with Gasteiger partial charge in [0.05, 0.1) is 17.8 Å². The van der Waals surface area contributed by atoms with Gasteiger partial charge in [0, 0.05) is 29.3 Å². The smallest absolute Gasteiger partial charge is 0.234 e. The third-order valence-electron chi connectivity index (χ3n) is 4.90. The van der Waals surface area contributed by atoms with E-state index in [1.165, 1.54) is 17.3 Å². The van der Waals surface area contributed by atoms with Crippen molar-refractivity contribution >= 4 is 23.4 Å². The van der Waals surface area contributed by atoms with Gasteiger partial charge in [-0.15, -0.1) is 10.2 Å². The average Bonchev–Trinajstić information content (AvgIpc) is 3.30. The van der Waals surface area contributed by atoms with E-state index in [9.17, 15) is 4.79 Å². The maximum Gasteiger partial charge on any atom is 0.234 e. The van der Waals surface area contributed by atoms with Crippen molar-refractivity contribution in [3.63, 3.8) is 0 Å². The first kappa shape index (κ1) is 20.8. The highest BCUT2D eigenvalue weighted by molar-refractivity contribution is 7.99. The Morgan fingerprint density at radius 1 is 1.00 bits per heavy atom. The Morgan fingerprint density at radius 2 is 1.74 bits per heavy atom. The molecule has 2 heterocycles. The second-order valence-corrected chi connectivity index (χ2v) is 8.38. The normalized spacial score (nSPS) is 10.8. The van der Waals surface area contributed by atoms with E-state index in [0.717, 1.165) is 33.8 Å². The first-order chi connectivity index (χ1) is 15.0. The summed E-state index contributed by atoms with van der Waals surface area (Å²) in [5.74, 6) is 0.224. The number of benzene rings is 2. The Kier molecular flexibility index (Phi) is 6.13. The molecule has 1 amide bonds. The van der Waals surface area contributed by atoms with E-state index in [4.69, 9.17) is 0 Å². The van der Waals surface area contributed by atoms with E-state index in [1.807, 2.05) is 61.0 Å². The minimum absolute atomic E-state index is 0.0546. The topological polar surface area (TPSA) is 72.7 Å². The van der Waals surface area contributed by atoms with Crippen molar-refractivity contribution in [3.05, 3.63) is 83.9 Å². The summed E-state index contributed by atoms with van der Waals surface area (Å²) in [5, 5.41) is 12.3. The molecule has 0 bridgehead atoms. The standard InChI is InChI=1S/C24H23N5OS/c1-16-12-17(2)24(18(3)13-16)26-22(30)14-31-23-9-8-21(27-28-23)19-4-6-20(7-5-19)29-11-10-25-15-29/h4-13,15H,14H2,1-3H3,(H,26,30). The highest BCUT2D eigenvalue weighted by Crippen LogP contribution is 2.24. The molecule has 0 aliphatic carbocycles. The van der Waals surface area contributed by atoms with Gasteiger partial charge >= 0.3 is 0 Å². The highest BCUT2D eigenvalue weighted by Gasteiger charge is 2.10. The Morgan fingerprint density at radius 3 is 2.35 bits per heavy atom. The summed E-state index contributed by atoms with van der Waals surface area (Å²) < 4.78 is 1.94. The van der Waals surface area contributed by atoms with Crippen molar-refractivity contribution in [2.45, 2.75) is 25.8 Å². The molecule has 0 aliphatic heterocycles. The van der Waals surface area contributed by atoms with E-state index in [0.29, 0.717) is 5.03 Å². The molecule has 0 radical (unpaired) electrons. The van der Waals surface area contributed by atoms with Gasteiger partial charge in [-0.1, -0.05) is 41.6 Å². The molecule has 2 aromatic heterocycles. The number of amides is 1. The van der Waals surface area contributed by atoms with Crippen LogP contribution in [0.5, 0.6) is 0 Å². The van der Waals surface area contributed by atoms with Gasteiger partial charge in [-0.2, -0.15) is 0 Å². The van der Waals surface area contributed by atoms with Gasteiger partial charge in [0.2, 0.25) is 5.91 Å².